The molecule has 25 heavy (non-hydrogen) atoms. The van der Waals surface area contributed by atoms with E-state index >= 15 is 0 Å². The number of hydrogen-bond donors (Lipinski definition) is 0. The molecule has 7 heteroatoms. The Bertz CT molecular complexity index is 860. The topological polar surface area (TPSA) is 38.8 Å². The van der Waals surface area contributed by atoms with Gasteiger partial charge in [-0.05, 0) is 42.0 Å². The lowest BCUT2D eigenvalue weighted by molar-refractivity contribution is -0.113. The lowest BCUT2D eigenvalue weighted by Gasteiger charge is -2.14. The quantitative estimate of drug-likeness (QED) is 0.554. The van der Waals surface area contributed by atoms with E-state index in [-0.39, 0.29) is 5.91 Å². The number of carbonyl (C=O) groups is 1. The fourth-order valence-electron chi connectivity index (χ4n) is 2.37. The molecule has 0 radical (unpaired) electrons. The molecule has 0 spiro atoms. The number of amides is 1. The van der Waals surface area contributed by atoms with Gasteiger partial charge >= 0.3 is 0 Å². The molecular weight excluding hydrogens is 378 g/mol. The Kier molecular flexibility index (Phi) is 5.32. The van der Waals surface area contributed by atoms with Crippen molar-refractivity contribution >= 4 is 57.6 Å². The number of nitrogens with zero attached hydrogens (tertiary/aromatic N) is 1. The zero-order valence-corrected chi connectivity index (χ0v) is 15.9. The van der Waals surface area contributed by atoms with Crippen LogP contribution < -0.4 is 14.4 Å². The van der Waals surface area contributed by atoms with Crippen LogP contribution in [-0.4, -0.2) is 24.4 Å². The Balaban J connectivity index is 1.95. The third-order valence-electron chi connectivity index (χ3n) is 3.53. The molecule has 0 bridgehead atoms. The molecule has 1 amide bonds. The first kappa shape index (κ1) is 17.8. The summed E-state index contributed by atoms with van der Waals surface area (Å²) in [5.41, 5.74) is 1.45. The highest BCUT2D eigenvalue weighted by Crippen LogP contribution is 2.37. The number of methoxy groups -OCH3 is 2. The molecule has 0 saturated carbocycles. The number of ether oxygens (including phenoxy) is 2. The number of hydrogen-bond acceptors (Lipinski definition) is 5. The summed E-state index contributed by atoms with van der Waals surface area (Å²) in [5.74, 6) is 1.12. The molecule has 0 aromatic heterocycles. The van der Waals surface area contributed by atoms with Crippen molar-refractivity contribution in [1.29, 1.82) is 0 Å². The monoisotopic (exact) mass is 391 g/mol. The van der Waals surface area contributed by atoms with Crippen LogP contribution in [-0.2, 0) is 4.79 Å². The molecule has 4 nitrogen and oxygen atoms in total. The normalized spacial score (nSPS) is 15.8. The van der Waals surface area contributed by atoms with Gasteiger partial charge in [-0.15, -0.1) is 0 Å². The minimum Gasteiger partial charge on any atom is -0.497 e. The van der Waals surface area contributed by atoms with Crippen molar-refractivity contribution in [3.8, 4) is 11.5 Å². The van der Waals surface area contributed by atoms with Crippen molar-refractivity contribution in [3.05, 3.63) is 58.0 Å². The van der Waals surface area contributed by atoms with Crippen LogP contribution in [0.25, 0.3) is 6.08 Å². The molecule has 0 N–H and O–H groups in total. The largest absolute Gasteiger partial charge is 0.497 e. The van der Waals surface area contributed by atoms with Gasteiger partial charge in [0.05, 0.1) is 24.8 Å². The summed E-state index contributed by atoms with van der Waals surface area (Å²) in [6.07, 6.45) is 1.77. The number of anilines is 1. The van der Waals surface area contributed by atoms with E-state index < -0.39 is 0 Å². The molecule has 0 atom stereocenters. The number of benzene rings is 2. The van der Waals surface area contributed by atoms with E-state index in [9.17, 15) is 4.79 Å². The summed E-state index contributed by atoms with van der Waals surface area (Å²) in [4.78, 5) is 14.8. The highest BCUT2D eigenvalue weighted by molar-refractivity contribution is 8.27. The molecule has 1 aliphatic rings. The number of rotatable bonds is 4. The van der Waals surface area contributed by atoms with Gasteiger partial charge in [0.25, 0.3) is 5.91 Å². The molecule has 1 heterocycles. The van der Waals surface area contributed by atoms with Crippen LogP contribution in [0.5, 0.6) is 11.5 Å². The third-order valence-corrected chi connectivity index (χ3v) is 5.07. The van der Waals surface area contributed by atoms with Gasteiger partial charge < -0.3 is 9.47 Å². The molecule has 0 unspecified atom stereocenters. The van der Waals surface area contributed by atoms with Crippen LogP contribution in [0.2, 0.25) is 5.02 Å². The second-order valence-corrected chi connectivity index (χ2v) is 7.26. The second-order valence-electron chi connectivity index (χ2n) is 5.14. The fraction of sp³-hybridized carbons (Fsp3) is 0.111. The van der Waals surface area contributed by atoms with Crippen molar-refractivity contribution in [2.45, 2.75) is 0 Å². The van der Waals surface area contributed by atoms with Crippen molar-refractivity contribution in [1.82, 2.24) is 0 Å². The summed E-state index contributed by atoms with van der Waals surface area (Å²) in [6, 6.07) is 12.5. The first-order valence-electron chi connectivity index (χ1n) is 7.28. The van der Waals surface area contributed by atoms with Gasteiger partial charge in [-0.3, -0.25) is 9.69 Å². The molecule has 1 saturated heterocycles. The average Bonchev–Trinajstić information content (AvgIpc) is 2.88. The van der Waals surface area contributed by atoms with Gasteiger partial charge in [-0.1, -0.05) is 41.6 Å². The molecule has 2 aromatic carbocycles. The van der Waals surface area contributed by atoms with Crippen LogP contribution in [0.1, 0.15) is 5.56 Å². The van der Waals surface area contributed by atoms with Gasteiger partial charge in [0.15, 0.2) is 4.32 Å². The molecule has 1 aliphatic heterocycles. The summed E-state index contributed by atoms with van der Waals surface area (Å²) < 4.78 is 11.0. The number of thioether (sulfide) groups is 1. The first-order chi connectivity index (χ1) is 12.0. The second kappa shape index (κ2) is 7.47. The highest BCUT2D eigenvalue weighted by atomic mass is 35.5. The number of halogens is 1. The molecule has 128 valence electrons. The summed E-state index contributed by atoms with van der Waals surface area (Å²) >= 11 is 12.6. The highest BCUT2D eigenvalue weighted by Gasteiger charge is 2.33. The predicted molar refractivity (Wildman–Crippen MR) is 107 cm³/mol. The van der Waals surface area contributed by atoms with Crippen molar-refractivity contribution in [2.24, 2.45) is 0 Å². The van der Waals surface area contributed by atoms with E-state index in [0.29, 0.717) is 31.4 Å². The van der Waals surface area contributed by atoms with E-state index in [1.165, 1.54) is 16.7 Å². The molecule has 3 rings (SSSR count). The SMILES string of the molecule is COc1cc(/C=C2/SC(=S)N(c3cccc(Cl)c3)C2=O)cc(OC)c1. The minimum atomic E-state index is -0.181. The maximum absolute atomic E-state index is 12.8. The fourth-order valence-corrected chi connectivity index (χ4v) is 3.85. The lowest BCUT2D eigenvalue weighted by Crippen LogP contribution is -2.27. The van der Waals surface area contributed by atoms with Gasteiger partial charge in [0, 0.05) is 11.1 Å². The van der Waals surface area contributed by atoms with Crippen molar-refractivity contribution in [2.75, 3.05) is 19.1 Å². The van der Waals surface area contributed by atoms with Gasteiger partial charge in [-0.25, -0.2) is 0 Å². The number of carbonyl (C=O) groups excluding carboxylic acids is 1. The summed E-state index contributed by atoms with van der Waals surface area (Å²) in [7, 11) is 3.16. The predicted octanol–water partition coefficient (Wildman–Crippen LogP) is 4.76. The zero-order chi connectivity index (χ0) is 18.0. The zero-order valence-electron chi connectivity index (χ0n) is 13.5. The Hall–Kier alpha value is -2.02. The van der Waals surface area contributed by atoms with Crippen molar-refractivity contribution < 1.29 is 14.3 Å². The minimum absolute atomic E-state index is 0.181. The Labute approximate surface area is 160 Å². The van der Waals surface area contributed by atoms with E-state index in [0.717, 1.165) is 5.56 Å². The van der Waals surface area contributed by atoms with E-state index in [4.69, 9.17) is 33.3 Å². The summed E-state index contributed by atoms with van der Waals surface area (Å²) in [5, 5.41) is 0.549. The van der Waals surface area contributed by atoms with Crippen LogP contribution in [0, 0.1) is 0 Å². The molecular formula is C18H14ClNO3S2. The Morgan fingerprint density at radius 3 is 2.40 bits per heavy atom. The van der Waals surface area contributed by atoms with Crippen molar-refractivity contribution in [3.63, 3.8) is 0 Å². The van der Waals surface area contributed by atoms with Gasteiger partial charge in [0.2, 0.25) is 0 Å². The smallest absolute Gasteiger partial charge is 0.270 e. The van der Waals surface area contributed by atoms with Crippen LogP contribution >= 0.6 is 35.6 Å². The Morgan fingerprint density at radius 1 is 1.12 bits per heavy atom. The van der Waals surface area contributed by atoms with E-state index in [2.05, 4.69) is 0 Å². The lowest BCUT2D eigenvalue weighted by atomic mass is 10.2. The maximum Gasteiger partial charge on any atom is 0.270 e. The van der Waals surface area contributed by atoms with E-state index in [1.54, 1.807) is 50.6 Å². The average molecular weight is 392 g/mol. The maximum atomic E-state index is 12.8. The van der Waals surface area contributed by atoms with Gasteiger partial charge in [-0.2, -0.15) is 0 Å². The van der Waals surface area contributed by atoms with Crippen LogP contribution in [0.4, 0.5) is 5.69 Å². The molecule has 0 aliphatic carbocycles. The van der Waals surface area contributed by atoms with Crippen LogP contribution in [0.3, 0.4) is 0 Å². The molecule has 1 fully saturated rings. The molecule has 2 aromatic rings. The standard InChI is InChI=1S/C18H14ClNO3S2/c1-22-14-6-11(7-15(10-14)23-2)8-16-17(21)20(18(24)25-16)13-5-3-4-12(19)9-13/h3-10H,1-2H3/b16-8+. The van der Waals surface area contributed by atoms with Gasteiger partial charge in [0.1, 0.15) is 11.5 Å². The Morgan fingerprint density at radius 2 is 1.80 bits per heavy atom. The van der Waals surface area contributed by atoms with E-state index in [1.807, 2.05) is 12.1 Å². The summed E-state index contributed by atoms with van der Waals surface area (Å²) in [6.45, 7) is 0. The first-order valence-corrected chi connectivity index (χ1v) is 8.88. The van der Waals surface area contributed by atoms with Crippen LogP contribution in [0.15, 0.2) is 47.4 Å². The number of thiocarbonyl (C=S) groups is 1. The third kappa shape index (κ3) is 3.81.